The Labute approximate surface area is 121 Å². The van der Waals surface area contributed by atoms with Crippen LogP contribution in [0.3, 0.4) is 0 Å². The maximum absolute atomic E-state index is 6.40. The Balaban J connectivity index is 2.24. The number of unbranched alkanes of at least 4 members (excludes halogenated alkanes) is 3. The van der Waals surface area contributed by atoms with Crippen LogP contribution in [-0.4, -0.2) is 16.1 Å². The molecule has 102 valence electrons. The zero-order chi connectivity index (χ0) is 12.6. The number of hydrogen-bond acceptors (Lipinski definition) is 1. The van der Waals surface area contributed by atoms with E-state index in [1.807, 2.05) is 0 Å². The molecule has 0 amide bonds. The summed E-state index contributed by atoms with van der Waals surface area (Å²) in [5.41, 5.74) is 0.225. The average Bonchev–Trinajstić information content (AvgIpc) is 2.36. The number of rotatable bonds is 8. The molecular formula is C15H29IO. The van der Waals surface area contributed by atoms with E-state index in [0.717, 1.165) is 0 Å². The highest BCUT2D eigenvalue weighted by atomic mass is 127. The lowest BCUT2D eigenvalue weighted by Crippen LogP contribution is -2.39. The molecule has 1 unspecified atom stereocenters. The maximum atomic E-state index is 6.40. The highest BCUT2D eigenvalue weighted by Crippen LogP contribution is 2.35. The quantitative estimate of drug-likeness (QED) is 0.318. The van der Waals surface area contributed by atoms with E-state index in [-0.39, 0.29) is 5.60 Å². The van der Waals surface area contributed by atoms with Crippen molar-refractivity contribution >= 4 is 22.6 Å². The lowest BCUT2D eigenvalue weighted by atomic mass is 9.86. The van der Waals surface area contributed by atoms with Crippen LogP contribution in [0, 0.1) is 0 Å². The summed E-state index contributed by atoms with van der Waals surface area (Å²) in [4.78, 5) is 0. The molecule has 0 N–H and O–H groups in total. The Bertz CT molecular complexity index is 187. The second-order valence-corrected chi connectivity index (χ2v) is 6.42. The molecule has 17 heavy (non-hydrogen) atoms. The molecule has 0 aromatic heterocycles. The first kappa shape index (κ1) is 15.7. The van der Waals surface area contributed by atoms with E-state index >= 15 is 0 Å². The van der Waals surface area contributed by atoms with E-state index < -0.39 is 0 Å². The lowest BCUT2D eigenvalue weighted by molar-refractivity contribution is -0.0928. The van der Waals surface area contributed by atoms with Gasteiger partial charge in [-0.25, -0.2) is 0 Å². The normalized spacial score (nSPS) is 21.4. The van der Waals surface area contributed by atoms with Gasteiger partial charge in [-0.1, -0.05) is 74.5 Å². The van der Waals surface area contributed by atoms with Gasteiger partial charge in [0.15, 0.2) is 0 Å². The molecule has 1 aliphatic rings. The maximum Gasteiger partial charge on any atom is 0.0775 e. The van der Waals surface area contributed by atoms with Gasteiger partial charge in [-0.15, -0.1) is 0 Å². The molecule has 1 rings (SSSR count). The van der Waals surface area contributed by atoms with Gasteiger partial charge in [-0.05, 0) is 26.2 Å². The van der Waals surface area contributed by atoms with Crippen LogP contribution in [0.15, 0.2) is 0 Å². The lowest BCUT2D eigenvalue weighted by Gasteiger charge is -2.38. The fraction of sp³-hybridized carbons (Fsp3) is 1.00. The molecule has 0 aromatic carbocycles. The molecule has 0 radical (unpaired) electrons. The van der Waals surface area contributed by atoms with Crippen molar-refractivity contribution in [3.63, 3.8) is 0 Å². The summed E-state index contributed by atoms with van der Waals surface area (Å²) in [5, 5.41) is 0. The van der Waals surface area contributed by atoms with Gasteiger partial charge in [0.2, 0.25) is 0 Å². The second kappa shape index (κ2) is 8.73. The largest absolute Gasteiger partial charge is 0.371 e. The van der Waals surface area contributed by atoms with Crippen molar-refractivity contribution in [2.24, 2.45) is 0 Å². The van der Waals surface area contributed by atoms with Crippen LogP contribution in [0.5, 0.6) is 0 Å². The van der Waals surface area contributed by atoms with Crippen molar-refractivity contribution < 1.29 is 4.74 Å². The van der Waals surface area contributed by atoms with Crippen molar-refractivity contribution in [1.29, 1.82) is 0 Å². The Morgan fingerprint density at radius 3 is 2.41 bits per heavy atom. The average molecular weight is 352 g/mol. The fourth-order valence-electron chi connectivity index (χ4n) is 2.82. The SMILES string of the molecule is CCCCCCC(C)OC1(CI)CCCCC1. The fourth-order valence-corrected chi connectivity index (χ4v) is 3.77. The minimum atomic E-state index is 0.225. The first-order valence-corrected chi connectivity index (χ1v) is 8.99. The molecule has 0 bridgehead atoms. The molecule has 1 fully saturated rings. The summed E-state index contributed by atoms with van der Waals surface area (Å²) in [6, 6.07) is 0. The van der Waals surface area contributed by atoms with Gasteiger partial charge in [0.05, 0.1) is 11.7 Å². The van der Waals surface area contributed by atoms with E-state index in [9.17, 15) is 0 Å². The number of hydrogen-bond donors (Lipinski definition) is 0. The molecule has 0 heterocycles. The summed E-state index contributed by atoms with van der Waals surface area (Å²) in [7, 11) is 0. The topological polar surface area (TPSA) is 9.23 Å². The Morgan fingerprint density at radius 2 is 1.82 bits per heavy atom. The predicted octanol–water partition coefficient (Wildman–Crippen LogP) is 5.50. The van der Waals surface area contributed by atoms with E-state index in [1.54, 1.807) is 0 Å². The Kier molecular flexibility index (Phi) is 8.09. The van der Waals surface area contributed by atoms with Crippen molar-refractivity contribution in [1.82, 2.24) is 0 Å². The van der Waals surface area contributed by atoms with Crippen LogP contribution in [0.2, 0.25) is 0 Å². The van der Waals surface area contributed by atoms with Crippen LogP contribution < -0.4 is 0 Å². The van der Waals surface area contributed by atoms with E-state index in [4.69, 9.17) is 4.74 Å². The summed E-state index contributed by atoms with van der Waals surface area (Å²) < 4.78 is 7.57. The molecule has 1 aliphatic carbocycles. The first-order valence-electron chi connectivity index (χ1n) is 7.46. The number of halogens is 1. The van der Waals surface area contributed by atoms with Crippen LogP contribution in [0.1, 0.15) is 78.1 Å². The van der Waals surface area contributed by atoms with Gasteiger partial charge in [0.1, 0.15) is 0 Å². The highest BCUT2D eigenvalue weighted by Gasteiger charge is 2.33. The van der Waals surface area contributed by atoms with Gasteiger partial charge in [0.25, 0.3) is 0 Å². The zero-order valence-corrected chi connectivity index (χ0v) is 13.8. The first-order chi connectivity index (χ1) is 8.22. The van der Waals surface area contributed by atoms with E-state index in [1.165, 1.54) is 68.6 Å². The molecule has 0 spiro atoms. The number of ether oxygens (including phenoxy) is 1. The van der Waals surface area contributed by atoms with Crippen molar-refractivity contribution in [3.8, 4) is 0 Å². The third-order valence-electron chi connectivity index (χ3n) is 3.92. The minimum absolute atomic E-state index is 0.225. The van der Waals surface area contributed by atoms with Gasteiger partial charge in [0, 0.05) is 4.43 Å². The summed E-state index contributed by atoms with van der Waals surface area (Å²) in [6.07, 6.45) is 13.8. The third-order valence-corrected chi connectivity index (χ3v) is 5.31. The van der Waals surface area contributed by atoms with E-state index in [2.05, 4.69) is 36.4 Å². The third kappa shape index (κ3) is 5.91. The van der Waals surface area contributed by atoms with Crippen LogP contribution in [0.25, 0.3) is 0 Å². The highest BCUT2D eigenvalue weighted by molar-refractivity contribution is 14.1. The van der Waals surface area contributed by atoms with Crippen molar-refractivity contribution in [2.45, 2.75) is 89.8 Å². The van der Waals surface area contributed by atoms with Gasteiger partial charge < -0.3 is 4.74 Å². The predicted molar refractivity (Wildman–Crippen MR) is 84.0 cm³/mol. The molecule has 1 nitrogen and oxygen atoms in total. The summed E-state index contributed by atoms with van der Waals surface area (Å²) >= 11 is 2.52. The van der Waals surface area contributed by atoms with Crippen LogP contribution in [-0.2, 0) is 4.74 Å². The molecule has 0 saturated heterocycles. The Hall–Kier alpha value is 0.690. The molecule has 1 saturated carbocycles. The molecule has 0 aromatic rings. The summed E-state index contributed by atoms with van der Waals surface area (Å²) in [6.45, 7) is 4.54. The van der Waals surface area contributed by atoms with Gasteiger partial charge >= 0.3 is 0 Å². The van der Waals surface area contributed by atoms with Crippen molar-refractivity contribution in [2.75, 3.05) is 4.43 Å². The number of alkyl halides is 1. The van der Waals surface area contributed by atoms with Gasteiger partial charge in [-0.2, -0.15) is 0 Å². The summed E-state index contributed by atoms with van der Waals surface area (Å²) in [5.74, 6) is 0. The smallest absolute Gasteiger partial charge is 0.0775 e. The monoisotopic (exact) mass is 352 g/mol. The zero-order valence-electron chi connectivity index (χ0n) is 11.6. The van der Waals surface area contributed by atoms with E-state index in [0.29, 0.717) is 6.10 Å². The molecule has 2 heteroatoms. The minimum Gasteiger partial charge on any atom is -0.371 e. The molecule has 1 atom stereocenters. The van der Waals surface area contributed by atoms with Crippen molar-refractivity contribution in [3.05, 3.63) is 0 Å². The second-order valence-electron chi connectivity index (χ2n) is 5.66. The standard InChI is InChI=1S/C15H29IO/c1-3-4-5-7-10-14(2)17-15(13-16)11-8-6-9-12-15/h14H,3-13H2,1-2H3. The molecule has 0 aliphatic heterocycles. The molecular weight excluding hydrogens is 323 g/mol. The van der Waals surface area contributed by atoms with Gasteiger partial charge in [-0.3, -0.25) is 0 Å². The van der Waals surface area contributed by atoms with Crippen LogP contribution in [0.4, 0.5) is 0 Å². The Morgan fingerprint density at radius 1 is 1.12 bits per heavy atom. The van der Waals surface area contributed by atoms with Crippen LogP contribution >= 0.6 is 22.6 Å².